The molecule has 2 aromatic heterocycles. The summed E-state index contributed by atoms with van der Waals surface area (Å²) in [7, 11) is 0. The Morgan fingerprint density at radius 1 is 1.43 bits per heavy atom. The number of fused-ring (bicyclic) bond motifs is 1. The highest BCUT2D eigenvalue weighted by Gasteiger charge is 2.17. The Morgan fingerprint density at radius 2 is 2.19 bits per heavy atom. The lowest BCUT2D eigenvalue weighted by atomic mass is 10.1. The molecule has 0 saturated carbocycles. The molecule has 0 amide bonds. The van der Waals surface area contributed by atoms with Gasteiger partial charge in [-0.05, 0) is 31.4 Å². The van der Waals surface area contributed by atoms with Crippen molar-refractivity contribution in [2.24, 2.45) is 5.73 Å². The summed E-state index contributed by atoms with van der Waals surface area (Å²) in [4.78, 5) is 12.9. The van der Waals surface area contributed by atoms with E-state index in [0.717, 1.165) is 10.9 Å². The first-order valence-electron chi connectivity index (χ1n) is 6.61. The summed E-state index contributed by atoms with van der Waals surface area (Å²) in [5, 5.41) is 8.54. The van der Waals surface area contributed by atoms with E-state index in [9.17, 15) is 4.79 Å². The summed E-state index contributed by atoms with van der Waals surface area (Å²) in [6.07, 6.45) is 1.67. The second-order valence-corrected chi connectivity index (χ2v) is 5.51. The number of nitrogens with zero attached hydrogens (tertiary/aromatic N) is 2. The molecule has 6 heteroatoms. The van der Waals surface area contributed by atoms with Crippen molar-refractivity contribution in [3.63, 3.8) is 0 Å². The van der Waals surface area contributed by atoms with Crippen LogP contribution in [0.3, 0.4) is 0 Å². The molecule has 0 saturated heterocycles. The average Bonchev–Trinajstić information content (AvgIpc) is 2.84. The van der Waals surface area contributed by atoms with Gasteiger partial charge in [-0.25, -0.2) is 0 Å². The highest BCUT2D eigenvalue weighted by molar-refractivity contribution is 6.35. The molecule has 21 heavy (non-hydrogen) atoms. The Hall–Kier alpha value is -2.11. The van der Waals surface area contributed by atoms with Crippen LogP contribution in [0.5, 0.6) is 0 Å². The average molecular weight is 303 g/mol. The SMILES string of the molecule is Cc1cn[nH]c1-n1c([C@H](C)N)cc2cccc(Cl)c2c1=O. The van der Waals surface area contributed by atoms with E-state index in [0.29, 0.717) is 21.9 Å². The fraction of sp³-hybridized carbons (Fsp3) is 0.200. The monoisotopic (exact) mass is 302 g/mol. The van der Waals surface area contributed by atoms with Crippen molar-refractivity contribution in [1.82, 2.24) is 14.8 Å². The van der Waals surface area contributed by atoms with Crippen LogP contribution in [-0.2, 0) is 0 Å². The molecule has 0 fully saturated rings. The smallest absolute Gasteiger partial charge is 0.265 e. The molecule has 2 heterocycles. The molecule has 0 radical (unpaired) electrons. The van der Waals surface area contributed by atoms with E-state index in [1.807, 2.05) is 32.0 Å². The first-order valence-corrected chi connectivity index (χ1v) is 6.98. The van der Waals surface area contributed by atoms with Gasteiger partial charge in [-0.3, -0.25) is 14.5 Å². The number of aromatic amines is 1. The Morgan fingerprint density at radius 3 is 2.81 bits per heavy atom. The van der Waals surface area contributed by atoms with E-state index in [4.69, 9.17) is 17.3 Å². The van der Waals surface area contributed by atoms with E-state index in [1.54, 1.807) is 16.8 Å². The summed E-state index contributed by atoms with van der Waals surface area (Å²) in [5.41, 5.74) is 7.42. The third kappa shape index (κ3) is 2.14. The lowest BCUT2D eigenvalue weighted by molar-refractivity contribution is 0.723. The van der Waals surface area contributed by atoms with Gasteiger partial charge in [0.15, 0.2) is 0 Å². The van der Waals surface area contributed by atoms with Crippen LogP contribution < -0.4 is 11.3 Å². The topological polar surface area (TPSA) is 76.7 Å². The third-order valence-corrected chi connectivity index (χ3v) is 3.83. The number of H-pyrrole nitrogens is 1. The van der Waals surface area contributed by atoms with Crippen molar-refractivity contribution < 1.29 is 0 Å². The zero-order valence-corrected chi connectivity index (χ0v) is 12.5. The predicted molar refractivity (Wildman–Crippen MR) is 84.0 cm³/mol. The number of nitrogens with two attached hydrogens (primary N) is 1. The number of halogens is 1. The van der Waals surface area contributed by atoms with Crippen molar-refractivity contribution in [1.29, 1.82) is 0 Å². The first kappa shape index (κ1) is 13.9. The maximum atomic E-state index is 12.9. The summed E-state index contributed by atoms with van der Waals surface area (Å²) in [5.74, 6) is 0.620. The summed E-state index contributed by atoms with van der Waals surface area (Å²) < 4.78 is 1.56. The second-order valence-electron chi connectivity index (χ2n) is 5.10. The van der Waals surface area contributed by atoms with Gasteiger partial charge in [-0.1, -0.05) is 23.7 Å². The van der Waals surface area contributed by atoms with Crippen LogP contribution in [0.4, 0.5) is 0 Å². The van der Waals surface area contributed by atoms with Crippen molar-refractivity contribution in [2.45, 2.75) is 19.9 Å². The molecule has 0 spiro atoms. The molecule has 5 nitrogen and oxygen atoms in total. The molecule has 0 unspecified atom stereocenters. The number of hydrogen-bond acceptors (Lipinski definition) is 3. The Labute approximate surface area is 126 Å². The van der Waals surface area contributed by atoms with Crippen LogP contribution in [0.1, 0.15) is 24.2 Å². The molecule has 3 N–H and O–H groups in total. The summed E-state index contributed by atoms with van der Waals surface area (Å²) in [6.45, 7) is 3.72. The van der Waals surface area contributed by atoms with Crippen molar-refractivity contribution >= 4 is 22.4 Å². The first-order chi connectivity index (χ1) is 10.0. The standard InChI is InChI=1S/C15H15ClN4O/c1-8-7-18-19-14(8)20-12(9(2)17)6-10-4-3-5-11(16)13(10)15(20)21/h3-7,9H,17H2,1-2H3,(H,18,19)/t9-/m0/s1. The largest absolute Gasteiger partial charge is 0.323 e. The number of pyridine rings is 1. The van der Waals surface area contributed by atoms with Crippen molar-refractivity contribution in [3.05, 3.63) is 57.1 Å². The van der Waals surface area contributed by atoms with Gasteiger partial charge in [0.1, 0.15) is 5.82 Å². The molecule has 3 aromatic rings. The molecule has 0 aliphatic carbocycles. The highest BCUT2D eigenvalue weighted by Crippen LogP contribution is 2.24. The van der Waals surface area contributed by atoms with E-state index in [-0.39, 0.29) is 11.6 Å². The molecule has 0 aliphatic rings. The Balaban J connectivity index is 2.50. The van der Waals surface area contributed by atoms with Crippen LogP contribution in [-0.4, -0.2) is 14.8 Å². The molecule has 108 valence electrons. The predicted octanol–water partition coefficient (Wildman–Crippen LogP) is 2.70. The van der Waals surface area contributed by atoms with Gasteiger partial charge in [0, 0.05) is 17.3 Å². The zero-order valence-electron chi connectivity index (χ0n) is 11.7. The fourth-order valence-corrected chi connectivity index (χ4v) is 2.73. The van der Waals surface area contributed by atoms with Crippen LogP contribution in [0.15, 0.2) is 35.3 Å². The number of benzene rings is 1. The van der Waals surface area contributed by atoms with Gasteiger partial charge in [0.2, 0.25) is 0 Å². The molecular weight excluding hydrogens is 288 g/mol. The van der Waals surface area contributed by atoms with Crippen LogP contribution in [0, 0.1) is 6.92 Å². The van der Waals surface area contributed by atoms with E-state index in [1.165, 1.54) is 0 Å². The normalized spacial score (nSPS) is 12.8. The molecular formula is C15H15ClN4O. The van der Waals surface area contributed by atoms with Crippen LogP contribution in [0.2, 0.25) is 5.02 Å². The van der Waals surface area contributed by atoms with E-state index < -0.39 is 0 Å². The number of rotatable bonds is 2. The number of nitrogens with one attached hydrogen (secondary N) is 1. The third-order valence-electron chi connectivity index (χ3n) is 3.52. The van der Waals surface area contributed by atoms with Crippen molar-refractivity contribution in [3.8, 4) is 5.82 Å². The molecule has 1 aromatic carbocycles. The number of aromatic nitrogens is 3. The molecule has 0 bridgehead atoms. The maximum Gasteiger partial charge on any atom is 0.265 e. The summed E-state index contributed by atoms with van der Waals surface area (Å²) in [6, 6.07) is 6.98. The van der Waals surface area contributed by atoms with E-state index >= 15 is 0 Å². The number of aryl methyl sites for hydroxylation is 1. The van der Waals surface area contributed by atoms with Gasteiger partial charge in [-0.15, -0.1) is 0 Å². The molecule has 1 atom stereocenters. The second kappa shape index (κ2) is 5.02. The van der Waals surface area contributed by atoms with Gasteiger partial charge in [-0.2, -0.15) is 5.10 Å². The maximum absolute atomic E-state index is 12.9. The minimum absolute atomic E-state index is 0.197. The molecule has 0 aliphatic heterocycles. The quantitative estimate of drug-likeness (QED) is 0.764. The summed E-state index contributed by atoms with van der Waals surface area (Å²) >= 11 is 6.20. The van der Waals surface area contributed by atoms with Crippen LogP contribution >= 0.6 is 11.6 Å². The highest BCUT2D eigenvalue weighted by atomic mass is 35.5. The minimum Gasteiger partial charge on any atom is -0.323 e. The van der Waals surface area contributed by atoms with Gasteiger partial charge < -0.3 is 5.73 Å². The number of hydrogen-bond donors (Lipinski definition) is 2. The van der Waals surface area contributed by atoms with Gasteiger partial charge >= 0.3 is 0 Å². The Bertz CT molecular complexity index is 879. The minimum atomic E-state index is -0.302. The lowest BCUT2D eigenvalue weighted by Crippen LogP contribution is -2.26. The van der Waals surface area contributed by atoms with Gasteiger partial charge in [0.05, 0.1) is 16.6 Å². The van der Waals surface area contributed by atoms with Crippen molar-refractivity contribution in [2.75, 3.05) is 0 Å². The Kier molecular flexibility index (Phi) is 3.31. The fourth-order valence-electron chi connectivity index (χ4n) is 2.47. The zero-order chi connectivity index (χ0) is 15.1. The van der Waals surface area contributed by atoms with Gasteiger partial charge in [0.25, 0.3) is 5.56 Å². The van der Waals surface area contributed by atoms with Crippen LogP contribution in [0.25, 0.3) is 16.6 Å². The lowest BCUT2D eigenvalue weighted by Gasteiger charge is -2.16. The van der Waals surface area contributed by atoms with E-state index in [2.05, 4.69) is 10.2 Å². The molecule has 3 rings (SSSR count).